The van der Waals surface area contributed by atoms with Crippen LogP contribution in [0, 0.1) is 5.92 Å². The number of hydrogen-bond donors (Lipinski definition) is 2. The average molecular weight is 159 g/mol. The zero-order chi connectivity index (χ0) is 7.56. The summed E-state index contributed by atoms with van der Waals surface area (Å²) in [5.74, 6) is 0.291. The molecule has 0 aromatic heterocycles. The second-order valence-corrected chi connectivity index (χ2v) is 3.39. The van der Waals surface area contributed by atoms with E-state index in [2.05, 4.69) is 0 Å². The number of aliphatic hydroxyl groups excluding tert-OH is 1. The Kier molecular flexibility index (Phi) is 2.63. The number of thiocarbonyl (C=S) groups is 1. The first-order chi connectivity index (χ1) is 4.70. The molecule has 58 valence electrons. The summed E-state index contributed by atoms with van der Waals surface area (Å²) >= 11 is 4.84. The van der Waals surface area contributed by atoms with Crippen LogP contribution in [0.2, 0.25) is 0 Å². The first-order valence-corrected chi connectivity index (χ1v) is 4.08. The summed E-state index contributed by atoms with van der Waals surface area (Å²) in [7, 11) is 0. The molecule has 1 fully saturated rings. The maximum absolute atomic E-state index is 9.21. The van der Waals surface area contributed by atoms with Crippen molar-refractivity contribution in [1.82, 2.24) is 0 Å². The standard InChI is InChI=1S/C7H13NOS/c8-7(10)5-2-1-3-6(9)4-5/h5-6,9H,1-4H2,(H2,8,10). The van der Waals surface area contributed by atoms with Crippen molar-refractivity contribution in [2.45, 2.75) is 31.8 Å². The van der Waals surface area contributed by atoms with Crippen LogP contribution in [0.25, 0.3) is 0 Å². The highest BCUT2D eigenvalue weighted by atomic mass is 32.1. The van der Waals surface area contributed by atoms with Crippen LogP contribution in [0.3, 0.4) is 0 Å². The van der Waals surface area contributed by atoms with Crippen molar-refractivity contribution in [1.29, 1.82) is 0 Å². The number of nitrogens with two attached hydrogens (primary N) is 1. The van der Waals surface area contributed by atoms with Crippen LogP contribution in [0.1, 0.15) is 25.7 Å². The molecule has 0 radical (unpaired) electrons. The Bertz CT molecular complexity index is 138. The van der Waals surface area contributed by atoms with E-state index in [1.54, 1.807) is 0 Å². The van der Waals surface area contributed by atoms with Crippen LogP contribution in [0.4, 0.5) is 0 Å². The molecule has 0 spiro atoms. The fraction of sp³-hybridized carbons (Fsp3) is 0.857. The molecule has 0 heterocycles. The number of hydrogen-bond acceptors (Lipinski definition) is 2. The summed E-state index contributed by atoms with van der Waals surface area (Å²) in [6.07, 6.45) is 3.64. The van der Waals surface area contributed by atoms with Crippen LogP contribution in [0.15, 0.2) is 0 Å². The van der Waals surface area contributed by atoms with Crippen LogP contribution in [0.5, 0.6) is 0 Å². The Hall–Kier alpha value is -0.150. The van der Waals surface area contributed by atoms with Gasteiger partial charge in [0.1, 0.15) is 0 Å². The Morgan fingerprint density at radius 1 is 1.50 bits per heavy atom. The second kappa shape index (κ2) is 3.30. The van der Waals surface area contributed by atoms with Gasteiger partial charge in [0, 0.05) is 5.92 Å². The Balaban J connectivity index is 2.39. The van der Waals surface area contributed by atoms with Gasteiger partial charge < -0.3 is 10.8 Å². The van der Waals surface area contributed by atoms with E-state index in [4.69, 9.17) is 18.0 Å². The lowest BCUT2D eigenvalue weighted by atomic mass is 9.87. The first-order valence-electron chi connectivity index (χ1n) is 3.67. The largest absolute Gasteiger partial charge is 0.393 e. The number of aliphatic hydroxyl groups is 1. The van der Waals surface area contributed by atoms with Gasteiger partial charge >= 0.3 is 0 Å². The van der Waals surface area contributed by atoms with Gasteiger partial charge in [-0.2, -0.15) is 0 Å². The van der Waals surface area contributed by atoms with Gasteiger partial charge in [0.2, 0.25) is 0 Å². The summed E-state index contributed by atoms with van der Waals surface area (Å²) in [6.45, 7) is 0. The van der Waals surface area contributed by atoms with Crippen molar-refractivity contribution < 1.29 is 5.11 Å². The van der Waals surface area contributed by atoms with Gasteiger partial charge in [-0.1, -0.05) is 18.6 Å². The van der Waals surface area contributed by atoms with E-state index in [0.717, 1.165) is 25.7 Å². The van der Waals surface area contributed by atoms with Gasteiger partial charge in [0.05, 0.1) is 11.1 Å². The molecule has 2 unspecified atom stereocenters. The quantitative estimate of drug-likeness (QED) is 0.557. The summed E-state index contributed by atoms with van der Waals surface area (Å²) in [6, 6.07) is 0. The molecule has 1 rings (SSSR count). The molecule has 0 aliphatic heterocycles. The van der Waals surface area contributed by atoms with Gasteiger partial charge in [-0.25, -0.2) is 0 Å². The van der Waals surface area contributed by atoms with Crippen LogP contribution in [-0.2, 0) is 0 Å². The van der Waals surface area contributed by atoms with Crippen molar-refractivity contribution in [3.8, 4) is 0 Å². The molecule has 0 aromatic carbocycles. The SMILES string of the molecule is NC(=S)C1CCCC(O)C1. The van der Waals surface area contributed by atoms with Crippen molar-refractivity contribution in [3.05, 3.63) is 0 Å². The lowest BCUT2D eigenvalue weighted by molar-refractivity contribution is 0.117. The molecule has 3 N–H and O–H groups in total. The minimum absolute atomic E-state index is 0.166. The van der Waals surface area contributed by atoms with E-state index in [1.807, 2.05) is 0 Å². The fourth-order valence-corrected chi connectivity index (χ4v) is 1.64. The molecular weight excluding hydrogens is 146 g/mol. The minimum Gasteiger partial charge on any atom is -0.393 e. The van der Waals surface area contributed by atoms with E-state index < -0.39 is 0 Å². The van der Waals surface area contributed by atoms with Gasteiger partial charge in [0.15, 0.2) is 0 Å². The van der Waals surface area contributed by atoms with Gasteiger partial charge in [0.25, 0.3) is 0 Å². The summed E-state index contributed by atoms with van der Waals surface area (Å²) in [5, 5.41) is 9.21. The molecule has 1 aliphatic rings. The average Bonchev–Trinajstić information content (AvgIpc) is 1.88. The highest BCUT2D eigenvalue weighted by Crippen LogP contribution is 2.23. The van der Waals surface area contributed by atoms with Crippen LogP contribution in [-0.4, -0.2) is 16.2 Å². The Morgan fingerprint density at radius 2 is 2.20 bits per heavy atom. The van der Waals surface area contributed by atoms with Crippen molar-refractivity contribution in [2.24, 2.45) is 11.7 Å². The zero-order valence-corrected chi connectivity index (χ0v) is 6.73. The van der Waals surface area contributed by atoms with Crippen molar-refractivity contribution in [2.75, 3.05) is 0 Å². The molecule has 0 saturated heterocycles. The maximum Gasteiger partial charge on any atom is 0.0759 e. The molecule has 3 heteroatoms. The van der Waals surface area contributed by atoms with Gasteiger partial charge in [-0.15, -0.1) is 0 Å². The third-order valence-electron chi connectivity index (χ3n) is 2.05. The molecule has 2 nitrogen and oxygen atoms in total. The van der Waals surface area contributed by atoms with Gasteiger partial charge in [-0.3, -0.25) is 0 Å². The molecule has 10 heavy (non-hydrogen) atoms. The van der Waals surface area contributed by atoms with E-state index in [-0.39, 0.29) is 6.10 Å². The van der Waals surface area contributed by atoms with E-state index >= 15 is 0 Å². The number of rotatable bonds is 1. The Morgan fingerprint density at radius 3 is 2.60 bits per heavy atom. The monoisotopic (exact) mass is 159 g/mol. The van der Waals surface area contributed by atoms with Crippen molar-refractivity contribution >= 4 is 17.2 Å². The first kappa shape index (κ1) is 7.95. The molecule has 0 aromatic rings. The third kappa shape index (κ3) is 1.92. The second-order valence-electron chi connectivity index (χ2n) is 2.92. The smallest absolute Gasteiger partial charge is 0.0759 e. The molecular formula is C7H13NOS. The lowest BCUT2D eigenvalue weighted by Crippen LogP contribution is -2.29. The van der Waals surface area contributed by atoms with Gasteiger partial charge in [-0.05, 0) is 19.3 Å². The minimum atomic E-state index is -0.166. The van der Waals surface area contributed by atoms with Crippen molar-refractivity contribution in [3.63, 3.8) is 0 Å². The maximum atomic E-state index is 9.21. The predicted molar refractivity (Wildman–Crippen MR) is 44.8 cm³/mol. The molecule has 0 amide bonds. The normalized spacial score (nSPS) is 33.7. The zero-order valence-electron chi connectivity index (χ0n) is 5.92. The Labute approximate surface area is 66.4 Å². The lowest BCUT2D eigenvalue weighted by Gasteiger charge is -2.24. The molecule has 1 aliphatic carbocycles. The highest BCUT2D eigenvalue weighted by Gasteiger charge is 2.21. The highest BCUT2D eigenvalue weighted by molar-refractivity contribution is 7.80. The summed E-state index contributed by atoms with van der Waals surface area (Å²) in [5.41, 5.74) is 5.45. The molecule has 0 bridgehead atoms. The van der Waals surface area contributed by atoms with E-state index in [0.29, 0.717) is 10.9 Å². The summed E-state index contributed by atoms with van der Waals surface area (Å²) < 4.78 is 0. The fourth-order valence-electron chi connectivity index (χ4n) is 1.42. The van der Waals surface area contributed by atoms with Crippen LogP contribution >= 0.6 is 12.2 Å². The van der Waals surface area contributed by atoms with E-state index in [9.17, 15) is 5.11 Å². The van der Waals surface area contributed by atoms with E-state index in [1.165, 1.54) is 0 Å². The third-order valence-corrected chi connectivity index (χ3v) is 2.38. The summed E-state index contributed by atoms with van der Waals surface area (Å²) in [4.78, 5) is 0.568. The topological polar surface area (TPSA) is 46.2 Å². The molecule has 1 saturated carbocycles. The predicted octanol–water partition coefficient (Wildman–Crippen LogP) is 0.824. The van der Waals surface area contributed by atoms with Crippen LogP contribution < -0.4 is 5.73 Å². The molecule has 2 atom stereocenters.